The van der Waals surface area contributed by atoms with Gasteiger partial charge in [-0.3, -0.25) is 0 Å². The number of hydrogen-bond acceptors (Lipinski definition) is 2. The van der Waals surface area contributed by atoms with Crippen molar-refractivity contribution in [2.75, 3.05) is 6.61 Å². The fourth-order valence-electron chi connectivity index (χ4n) is 3.01. The highest BCUT2D eigenvalue weighted by atomic mass is 16.5. The Morgan fingerprint density at radius 1 is 0.833 bits per heavy atom. The first kappa shape index (κ1) is 23.2. The Labute approximate surface area is 151 Å². The molecule has 0 heterocycles. The molecule has 0 spiro atoms. The lowest BCUT2D eigenvalue weighted by molar-refractivity contribution is -0.139. The van der Waals surface area contributed by atoms with Crippen LogP contribution in [0.15, 0.2) is 12.2 Å². The first-order valence-corrected chi connectivity index (χ1v) is 10.4. The van der Waals surface area contributed by atoms with Crippen LogP contribution in [0.3, 0.4) is 0 Å². The topological polar surface area (TPSA) is 26.3 Å². The van der Waals surface area contributed by atoms with Crippen LogP contribution in [-0.4, -0.2) is 12.6 Å². The van der Waals surface area contributed by atoms with Gasteiger partial charge in [0.1, 0.15) is 0 Å². The van der Waals surface area contributed by atoms with Gasteiger partial charge in [0.2, 0.25) is 0 Å². The molecular weight excluding hydrogens is 296 g/mol. The Hall–Kier alpha value is -0.790. The van der Waals surface area contributed by atoms with Crippen molar-refractivity contribution in [2.45, 2.75) is 111 Å². The number of carbonyl (C=O) groups is 1. The lowest BCUT2D eigenvalue weighted by atomic mass is 9.96. The summed E-state index contributed by atoms with van der Waals surface area (Å²) in [4.78, 5) is 11.2. The van der Waals surface area contributed by atoms with E-state index in [1.54, 1.807) is 6.92 Å². The van der Waals surface area contributed by atoms with Gasteiger partial charge in [-0.15, -0.1) is 0 Å². The number of hydrogen-bond donors (Lipinski definition) is 0. The van der Waals surface area contributed by atoms with Crippen molar-refractivity contribution in [3.63, 3.8) is 0 Å². The third-order valence-corrected chi connectivity index (χ3v) is 4.72. The molecule has 142 valence electrons. The lowest BCUT2D eigenvalue weighted by Crippen LogP contribution is -2.06. The molecule has 0 N–H and O–H groups in total. The zero-order valence-electron chi connectivity index (χ0n) is 16.7. The van der Waals surface area contributed by atoms with Gasteiger partial charge in [0.05, 0.1) is 6.61 Å². The molecule has 0 aliphatic carbocycles. The lowest BCUT2D eigenvalue weighted by Gasteiger charge is -2.11. The van der Waals surface area contributed by atoms with Gasteiger partial charge in [-0.2, -0.15) is 0 Å². The molecule has 24 heavy (non-hydrogen) atoms. The highest BCUT2D eigenvalue weighted by Gasteiger charge is 2.03. The Balaban J connectivity index is 3.24. The van der Waals surface area contributed by atoms with E-state index in [1.165, 1.54) is 77.0 Å². The molecule has 2 heteroatoms. The molecule has 1 unspecified atom stereocenters. The summed E-state index contributed by atoms with van der Waals surface area (Å²) in [5.41, 5.74) is 0.491. The second-order valence-corrected chi connectivity index (χ2v) is 7.49. The summed E-state index contributed by atoms with van der Waals surface area (Å²) in [7, 11) is 0. The van der Waals surface area contributed by atoms with Crippen LogP contribution < -0.4 is 0 Å². The van der Waals surface area contributed by atoms with Crippen LogP contribution in [0, 0.1) is 5.92 Å². The van der Waals surface area contributed by atoms with Crippen LogP contribution in [0.4, 0.5) is 0 Å². The van der Waals surface area contributed by atoms with E-state index >= 15 is 0 Å². The van der Waals surface area contributed by atoms with Gasteiger partial charge in [-0.1, -0.05) is 104 Å². The van der Waals surface area contributed by atoms with Gasteiger partial charge in [0, 0.05) is 5.57 Å². The SMILES string of the molecule is C=C(C)C(=O)OCCCCCCCC(C)CCCCCCCCC. The Morgan fingerprint density at radius 2 is 1.29 bits per heavy atom. The van der Waals surface area contributed by atoms with Crippen molar-refractivity contribution in [3.8, 4) is 0 Å². The Morgan fingerprint density at radius 3 is 1.79 bits per heavy atom. The summed E-state index contributed by atoms with van der Waals surface area (Å²) < 4.78 is 5.10. The van der Waals surface area contributed by atoms with E-state index in [-0.39, 0.29) is 5.97 Å². The summed E-state index contributed by atoms with van der Waals surface area (Å²) in [6.07, 6.45) is 18.7. The number of esters is 1. The van der Waals surface area contributed by atoms with Crippen LogP contribution in [0.5, 0.6) is 0 Å². The highest BCUT2D eigenvalue weighted by molar-refractivity contribution is 5.86. The van der Waals surface area contributed by atoms with Crippen molar-refractivity contribution in [3.05, 3.63) is 12.2 Å². The monoisotopic (exact) mass is 338 g/mol. The summed E-state index contributed by atoms with van der Waals surface area (Å²) in [6.45, 7) is 10.5. The van der Waals surface area contributed by atoms with E-state index in [9.17, 15) is 4.79 Å². The van der Waals surface area contributed by atoms with E-state index in [1.807, 2.05) is 0 Å². The van der Waals surface area contributed by atoms with Gasteiger partial charge in [-0.25, -0.2) is 4.79 Å². The molecule has 0 saturated carbocycles. The van der Waals surface area contributed by atoms with E-state index in [0.29, 0.717) is 12.2 Å². The van der Waals surface area contributed by atoms with Crippen molar-refractivity contribution >= 4 is 5.97 Å². The van der Waals surface area contributed by atoms with Crippen LogP contribution >= 0.6 is 0 Å². The summed E-state index contributed by atoms with van der Waals surface area (Å²) in [5.74, 6) is 0.631. The number of unbranched alkanes of at least 4 members (excludes halogenated alkanes) is 10. The molecule has 0 rings (SSSR count). The van der Waals surface area contributed by atoms with Crippen molar-refractivity contribution < 1.29 is 9.53 Å². The molecule has 0 aliphatic rings. The molecule has 1 atom stereocenters. The maximum Gasteiger partial charge on any atom is 0.333 e. The summed E-state index contributed by atoms with van der Waals surface area (Å²) >= 11 is 0. The molecule has 0 radical (unpaired) electrons. The number of rotatable bonds is 17. The maximum atomic E-state index is 11.2. The van der Waals surface area contributed by atoms with Gasteiger partial charge in [-0.05, 0) is 19.3 Å². The van der Waals surface area contributed by atoms with E-state index in [2.05, 4.69) is 20.4 Å². The van der Waals surface area contributed by atoms with Crippen LogP contribution in [0.1, 0.15) is 111 Å². The quantitative estimate of drug-likeness (QED) is 0.159. The Kier molecular flexibility index (Phi) is 16.5. The predicted molar refractivity (Wildman–Crippen MR) is 105 cm³/mol. The van der Waals surface area contributed by atoms with Crippen LogP contribution in [0.25, 0.3) is 0 Å². The van der Waals surface area contributed by atoms with Crippen molar-refractivity contribution in [1.82, 2.24) is 0 Å². The zero-order valence-corrected chi connectivity index (χ0v) is 16.7. The minimum atomic E-state index is -0.255. The molecule has 0 bridgehead atoms. The maximum absolute atomic E-state index is 11.2. The van der Waals surface area contributed by atoms with Gasteiger partial charge >= 0.3 is 5.97 Å². The normalized spacial score (nSPS) is 12.1. The van der Waals surface area contributed by atoms with Crippen LogP contribution in [0.2, 0.25) is 0 Å². The van der Waals surface area contributed by atoms with Gasteiger partial charge in [0.15, 0.2) is 0 Å². The average molecular weight is 339 g/mol. The standard InChI is InChI=1S/C22H42O2/c1-5-6-7-8-9-11-14-17-21(4)18-15-12-10-13-16-19-24-22(23)20(2)3/h21H,2,5-19H2,1,3-4H3. The fraction of sp³-hybridized carbons (Fsp3) is 0.864. The molecule has 0 amide bonds. The average Bonchev–Trinajstić information content (AvgIpc) is 2.56. The third-order valence-electron chi connectivity index (χ3n) is 4.72. The molecular formula is C22H42O2. The van der Waals surface area contributed by atoms with Gasteiger partial charge < -0.3 is 4.74 Å². The Bertz CT molecular complexity index is 309. The molecule has 0 saturated heterocycles. The second kappa shape index (κ2) is 17.0. The van der Waals surface area contributed by atoms with E-state index in [0.717, 1.165) is 18.8 Å². The first-order valence-electron chi connectivity index (χ1n) is 10.4. The van der Waals surface area contributed by atoms with Crippen molar-refractivity contribution in [1.29, 1.82) is 0 Å². The minimum Gasteiger partial charge on any atom is -0.462 e. The minimum absolute atomic E-state index is 0.255. The fourth-order valence-corrected chi connectivity index (χ4v) is 3.01. The first-order chi connectivity index (χ1) is 11.6. The molecule has 0 aromatic heterocycles. The number of carbonyl (C=O) groups excluding carboxylic acids is 1. The molecule has 0 aromatic carbocycles. The van der Waals surface area contributed by atoms with Crippen molar-refractivity contribution in [2.24, 2.45) is 5.92 Å². The largest absolute Gasteiger partial charge is 0.462 e. The molecule has 0 aliphatic heterocycles. The summed E-state index contributed by atoms with van der Waals surface area (Å²) in [6, 6.07) is 0. The predicted octanol–water partition coefficient (Wildman–Crippen LogP) is 7.22. The molecule has 2 nitrogen and oxygen atoms in total. The van der Waals surface area contributed by atoms with E-state index in [4.69, 9.17) is 4.74 Å². The third kappa shape index (κ3) is 16.1. The summed E-state index contributed by atoms with van der Waals surface area (Å²) in [5, 5.41) is 0. The number of ether oxygens (including phenoxy) is 1. The van der Waals surface area contributed by atoms with Crippen LogP contribution in [-0.2, 0) is 9.53 Å². The smallest absolute Gasteiger partial charge is 0.333 e. The zero-order chi connectivity index (χ0) is 18.0. The van der Waals surface area contributed by atoms with Gasteiger partial charge in [0.25, 0.3) is 0 Å². The molecule has 0 fully saturated rings. The molecule has 0 aromatic rings. The highest BCUT2D eigenvalue weighted by Crippen LogP contribution is 2.18. The second-order valence-electron chi connectivity index (χ2n) is 7.49. The van der Waals surface area contributed by atoms with E-state index < -0.39 is 0 Å².